The minimum atomic E-state index is -3.73. The number of nitrogens with zero attached hydrogens (tertiary/aromatic N) is 1. The third kappa shape index (κ3) is 5.77. The molecule has 7 nitrogen and oxygen atoms in total. The second-order valence-electron chi connectivity index (χ2n) is 11.3. The molecule has 220 valence electrons. The molecule has 1 amide bonds. The van der Waals surface area contributed by atoms with E-state index in [0.29, 0.717) is 47.7 Å². The van der Waals surface area contributed by atoms with Crippen molar-refractivity contribution in [3.05, 3.63) is 83.9 Å². The third-order valence-corrected chi connectivity index (χ3v) is 11.0. The molecule has 1 fully saturated rings. The van der Waals surface area contributed by atoms with Crippen LogP contribution in [0.15, 0.2) is 72.8 Å². The number of ether oxygens (including phenoxy) is 3. The number of aromatic nitrogens is 1. The number of esters is 1. The van der Waals surface area contributed by atoms with Gasteiger partial charge in [0.25, 0.3) is 0 Å². The quantitative estimate of drug-likeness (QED) is 0.174. The number of rotatable bonds is 8. The van der Waals surface area contributed by atoms with Crippen molar-refractivity contribution in [2.24, 2.45) is 0 Å². The van der Waals surface area contributed by atoms with Gasteiger partial charge < -0.3 is 9.47 Å². The molecule has 10 heteroatoms. The Hall–Kier alpha value is -3.80. The van der Waals surface area contributed by atoms with Crippen molar-refractivity contribution in [3.63, 3.8) is 0 Å². The fourth-order valence-corrected chi connectivity index (χ4v) is 6.52. The number of benzene rings is 3. The Bertz CT molecular complexity index is 1720. The normalized spacial score (nSPS) is 16.6. The van der Waals surface area contributed by atoms with Crippen molar-refractivity contribution in [1.29, 1.82) is 0 Å². The number of alkyl halides is 6. The average Bonchev–Trinajstić information content (AvgIpc) is 3.69. The molecule has 0 saturated heterocycles. The summed E-state index contributed by atoms with van der Waals surface area (Å²) in [4.78, 5) is 38.0. The molecule has 0 radical (unpaired) electrons. The number of carbonyl (C=O) groups excluding carboxylic acids is 2. The van der Waals surface area contributed by atoms with Crippen molar-refractivity contribution in [2.75, 3.05) is 31.1 Å². The van der Waals surface area contributed by atoms with Gasteiger partial charge in [-0.05, 0) is 30.5 Å². The second kappa shape index (κ2) is 10.5. The first-order chi connectivity index (χ1) is 19.9. The fraction of sp³-hybridized carbons (Fsp3) is 0.281. The van der Waals surface area contributed by atoms with Gasteiger partial charge in [0.05, 0.1) is 5.41 Å². The van der Waals surface area contributed by atoms with Crippen LogP contribution < -0.4 is 33.2 Å². The Labute approximate surface area is 246 Å². The van der Waals surface area contributed by atoms with E-state index in [1.165, 1.54) is 12.1 Å². The minimum absolute atomic E-state index is 0.0662. The molecule has 0 spiro atoms. The number of nitrogens with one attached hydrogen (secondary N) is 1. The van der Waals surface area contributed by atoms with Gasteiger partial charge in [-0.25, -0.2) is 0 Å². The van der Waals surface area contributed by atoms with E-state index in [0.717, 1.165) is 15.2 Å². The SMILES string of the molecule is C[I-](C)(C)CCOC(=O)c1cccc(-c2nc(NC(=O)C3(c4ccc5c(c4)OC(F)(F)O5)CC3)cc3ccccc23)c1. The van der Waals surface area contributed by atoms with E-state index < -0.39 is 30.1 Å². The summed E-state index contributed by atoms with van der Waals surface area (Å²) in [7, 11) is 0. The Morgan fingerprint density at radius 3 is 2.48 bits per heavy atom. The maximum absolute atomic E-state index is 13.6. The number of anilines is 1. The fourth-order valence-electron chi connectivity index (χ4n) is 4.98. The number of pyridine rings is 1. The molecule has 1 aliphatic heterocycles. The van der Waals surface area contributed by atoms with E-state index in [1.54, 1.807) is 30.3 Å². The molecule has 42 heavy (non-hydrogen) atoms. The molecule has 2 aliphatic rings. The van der Waals surface area contributed by atoms with Crippen LogP contribution in [-0.2, 0) is 14.9 Å². The van der Waals surface area contributed by atoms with Crippen LogP contribution in [0.5, 0.6) is 11.5 Å². The standard InChI is InChI=1S/C32H30F2IN2O5/c1-35(2,3)15-16-40-29(38)22-9-6-8-21(17-22)28-24-10-5-4-7-20(24)18-27(36-28)37-30(39)31(13-14-31)23-11-12-25-26(19-23)42-32(33,34)41-25/h4-12,17-19H,13-16H2,1-3H3,(H,36,37,39)/q-1. The molecule has 4 aromatic rings. The Morgan fingerprint density at radius 2 is 1.71 bits per heavy atom. The first-order valence-electron chi connectivity index (χ1n) is 13.4. The topological polar surface area (TPSA) is 86.8 Å². The molecule has 0 bridgehead atoms. The zero-order chi connectivity index (χ0) is 29.7. The molecule has 1 aliphatic carbocycles. The van der Waals surface area contributed by atoms with Crippen LogP contribution in [0.1, 0.15) is 28.8 Å². The number of hydrogen-bond acceptors (Lipinski definition) is 6. The zero-order valence-electron chi connectivity index (χ0n) is 23.4. The van der Waals surface area contributed by atoms with Crippen LogP contribution in [0, 0.1) is 0 Å². The van der Waals surface area contributed by atoms with Crippen LogP contribution >= 0.6 is 0 Å². The molecule has 0 atom stereocenters. The van der Waals surface area contributed by atoms with E-state index in [9.17, 15) is 18.4 Å². The number of carbonyl (C=O) groups is 2. The van der Waals surface area contributed by atoms with Crippen molar-refractivity contribution in [2.45, 2.75) is 24.6 Å². The summed E-state index contributed by atoms with van der Waals surface area (Å²) in [6, 6.07) is 21.0. The summed E-state index contributed by atoms with van der Waals surface area (Å²) in [6.45, 7) is 0.402. The number of amides is 1. The molecule has 6 rings (SSSR count). The third-order valence-electron chi connectivity index (χ3n) is 7.37. The summed E-state index contributed by atoms with van der Waals surface area (Å²) in [5.74, 6) is -0.488. The number of hydrogen-bond donors (Lipinski definition) is 1. The van der Waals surface area contributed by atoms with Crippen molar-refractivity contribution >= 4 is 28.5 Å². The van der Waals surface area contributed by atoms with Gasteiger partial charge in [0.1, 0.15) is 0 Å². The summed E-state index contributed by atoms with van der Waals surface area (Å²) in [5, 5.41) is 4.67. The van der Waals surface area contributed by atoms with Crippen LogP contribution in [0.2, 0.25) is 0 Å². The van der Waals surface area contributed by atoms with Gasteiger partial charge in [-0.2, -0.15) is 0 Å². The molecule has 1 aromatic heterocycles. The zero-order valence-corrected chi connectivity index (χ0v) is 25.5. The van der Waals surface area contributed by atoms with Gasteiger partial charge in [-0.15, -0.1) is 8.78 Å². The Kier molecular flexibility index (Phi) is 7.07. The van der Waals surface area contributed by atoms with Crippen LogP contribution in [0.25, 0.3) is 22.0 Å². The van der Waals surface area contributed by atoms with E-state index in [4.69, 9.17) is 9.72 Å². The van der Waals surface area contributed by atoms with Crippen LogP contribution in [0.3, 0.4) is 0 Å². The van der Waals surface area contributed by atoms with E-state index in [-0.39, 0.29) is 23.4 Å². The average molecular weight is 688 g/mol. The first-order valence-corrected chi connectivity index (χ1v) is 21.4. The van der Waals surface area contributed by atoms with Gasteiger partial charge in [0.15, 0.2) is 11.5 Å². The van der Waals surface area contributed by atoms with Crippen molar-refractivity contribution in [3.8, 4) is 22.8 Å². The maximum atomic E-state index is 13.6. The molecular weight excluding hydrogens is 657 g/mol. The summed E-state index contributed by atoms with van der Waals surface area (Å²) in [5.41, 5.74) is 1.44. The predicted octanol–water partition coefficient (Wildman–Crippen LogP) is 3.10. The first kappa shape index (κ1) is 28.3. The number of fused-ring (bicyclic) bond motifs is 2. The predicted molar refractivity (Wildman–Crippen MR) is 152 cm³/mol. The van der Waals surface area contributed by atoms with Crippen molar-refractivity contribution in [1.82, 2.24) is 4.98 Å². The monoisotopic (exact) mass is 687 g/mol. The molecule has 1 saturated carbocycles. The second-order valence-corrected chi connectivity index (χ2v) is 23.4. The van der Waals surface area contributed by atoms with E-state index in [2.05, 4.69) is 29.6 Å². The van der Waals surface area contributed by atoms with Gasteiger partial charge in [0.2, 0.25) is 0 Å². The van der Waals surface area contributed by atoms with Gasteiger partial charge in [-0.1, -0.05) is 6.07 Å². The van der Waals surface area contributed by atoms with E-state index in [1.807, 2.05) is 30.3 Å². The van der Waals surface area contributed by atoms with Gasteiger partial charge >= 0.3 is 170 Å². The molecule has 0 unspecified atom stereocenters. The van der Waals surface area contributed by atoms with Gasteiger partial charge in [-0.3, -0.25) is 4.79 Å². The molecular formula is C32H30F2IN2O5-. The molecule has 3 aromatic carbocycles. The molecule has 1 N–H and O–H groups in total. The Morgan fingerprint density at radius 1 is 0.952 bits per heavy atom. The Balaban J connectivity index is 1.27. The van der Waals surface area contributed by atoms with E-state index >= 15 is 0 Å². The van der Waals surface area contributed by atoms with Crippen molar-refractivity contribution < 1.29 is 51.0 Å². The van der Waals surface area contributed by atoms with Crippen LogP contribution in [0.4, 0.5) is 14.6 Å². The summed E-state index contributed by atoms with van der Waals surface area (Å²) in [6.07, 6.45) is -2.62. The molecule has 2 heterocycles. The summed E-state index contributed by atoms with van der Waals surface area (Å²) >= 11 is -1.76. The summed E-state index contributed by atoms with van der Waals surface area (Å²) < 4.78 is 42.7. The van der Waals surface area contributed by atoms with Gasteiger partial charge in [0, 0.05) is 0 Å². The number of halogens is 3. The van der Waals surface area contributed by atoms with Crippen LogP contribution in [-0.4, -0.2) is 49.0 Å².